The SMILES string of the molecule is C#CCCC1(CCC(=O)N2CCC(Cc3ccc(F)cc3)CC2)N=N1. The van der Waals surface area contributed by atoms with Gasteiger partial charge in [0.25, 0.3) is 0 Å². The molecule has 1 aromatic rings. The van der Waals surface area contributed by atoms with Crippen LogP contribution in [0.25, 0.3) is 0 Å². The van der Waals surface area contributed by atoms with Crippen LogP contribution in [0.3, 0.4) is 0 Å². The van der Waals surface area contributed by atoms with Crippen LogP contribution >= 0.6 is 0 Å². The lowest BCUT2D eigenvalue weighted by atomic mass is 9.90. The molecule has 2 aliphatic rings. The van der Waals surface area contributed by atoms with Crippen molar-refractivity contribution in [1.82, 2.24) is 4.90 Å². The number of carbonyl (C=O) groups excluding carboxylic acids is 1. The molecule has 1 saturated heterocycles. The molecule has 1 aromatic carbocycles. The monoisotopic (exact) mass is 341 g/mol. The summed E-state index contributed by atoms with van der Waals surface area (Å²) in [5.41, 5.74) is 0.793. The summed E-state index contributed by atoms with van der Waals surface area (Å²) < 4.78 is 13.0. The van der Waals surface area contributed by atoms with Gasteiger partial charge in [0.1, 0.15) is 5.82 Å². The van der Waals surface area contributed by atoms with Gasteiger partial charge in [0.15, 0.2) is 5.66 Å². The Kier molecular flexibility index (Phi) is 5.47. The number of piperidine rings is 1. The molecule has 0 unspecified atom stereocenters. The molecule has 25 heavy (non-hydrogen) atoms. The summed E-state index contributed by atoms with van der Waals surface area (Å²) in [6.45, 7) is 1.60. The molecular formula is C20H24FN3O. The van der Waals surface area contributed by atoms with Crippen molar-refractivity contribution in [2.24, 2.45) is 16.1 Å². The molecule has 5 heteroatoms. The summed E-state index contributed by atoms with van der Waals surface area (Å²) in [5, 5.41) is 8.17. The van der Waals surface area contributed by atoms with E-state index in [9.17, 15) is 9.18 Å². The molecule has 0 atom stereocenters. The van der Waals surface area contributed by atoms with Crippen LogP contribution in [-0.2, 0) is 11.2 Å². The number of nitrogens with zero attached hydrogens (tertiary/aromatic N) is 3. The van der Waals surface area contributed by atoms with Gasteiger partial charge in [0.2, 0.25) is 5.91 Å². The van der Waals surface area contributed by atoms with Gasteiger partial charge in [-0.2, -0.15) is 10.2 Å². The Labute approximate surface area is 148 Å². The van der Waals surface area contributed by atoms with Crippen LogP contribution in [0.1, 0.15) is 44.1 Å². The lowest BCUT2D eigenvalue weighted by Gasteiger charge is -2.32. The highest BCUT2D eigenvalue weighted by Gasteiger charge is 2.39. The third kappa shape index (κ3) is 4.88. The van der Waals surface area contributed by atoms with E-state index in [1.165, 1.54) is 17.7 Å². The number of halogens is 1. The zero-order valence-corrected chi connectivity index (χ0v) is 14.5. The van der Waals surface area contributed by atoms with Gasteiger partial charge < -0.3 is 4.90 Å². The van der Waals surface area contributed by atoms with E-state index in [-0.39, 0.29) is 17.4 Å². The fourth-order valence-electron chi connectivity index (χ4n) is 3.47. The summed E-state index contributed by atoms with van der Waals surface area (Å²) in [6, 6.07) is 6.73. The van der Waals surface area contributed by atoms with Crippen molar-refractivity contribution in [2.45, 2.75) is 50.6 Å². The zero-order valence-electron chi connectivity index (χ0n) is 14.5. The molecule has 0 radical (unpaired) electrons. The number of rotatable bonds is 7. The van der Waals surface area contributed by atoms with Gasteiger partial charge in [0.05, 0.1) is 0 Å². The largest absolute Gasteiger partial charge is 0.343 e. The van der Waals surface area contributed by atoms with Crippen molar-refractivity contribution in [1.29, 1.82) is 0 Å². The molecule has 0 aromatic heterocycles. The molecule has 0 spiro atoms. The quantitative estimate of drug-likeness (QED) is 0.692. The zero-order chi connectivity index (χ0) is 17.7. The van der Waals surface area contributed by atoms with Gasteiger partial charge in [0, 0.05) is 38.8 Å². The molecule has 132 valence electrons. The average Bonchev–Trinajstić information content (AvgIpc) is 3.41. The molecule has 0 bridgehead atoms. The van der Waals surface area contributed by atoms with Gasteiger partial charge in [-0.15, -0.1) is 12.3 Å². The maximum atomic E-state index is 13.0. The van der Waals surface area contributed by atoms with Gasteiger partial charge in [-0.1, -0.05) is 12.1 Å². The average molecular weight is 341 g/mol. The van der Waals surface area contributed by atoms with Crippen molar-refractivity contribution in [3.05, 3.63) is 35.6 Å². The fraction of sp³-hybridized carbons (Fsp3) is 0.550. The van der Waals surface area contributed by atoms with Crippen molar-refractivity contribution < 1.29 is 9.18 Å². The highest BCUT2D eigenvalue weighted by molar-refractivity contribution is 5.76. The lowest BCUT2D eigenvalue weighted by molar-refractivity contribution is -0.132. The number of terminal acetylenes is 1. The number of amides is 1. The first-order valence-corrected chi connectivity index (χ1v) is 9.00. The highest BCUT2D eigenvalue weighted by atomic mass is 19.1. The van der Waals surface area contributed by atoms with Crippen LogP contribution in [0.5, 0.6) is 0 Å². The Hall–Kier alpha value is -2.22. The second-order valence-corrected chi connectivity index (χ2v) is 7.04. The topological polar surface area (TPSA) is 45.0 Å². The Bertz CT molecular complexity index is 663. The maximum absolute atomic E-state index is 13.0. The second kappa shape index (κ2) is 7.77. The van der Waals surface area contributed by atoms with E-state index in [0.29, 0.717) is 25.2 Å². The van der Waals surface area contributed by atoms with Crippen LogP contribution in [0, 0.1) is 24.1 Å². The van der Waals surface area contributed by atoms with Gasteiger partial charge in [-0.25, -0.2) is 4.39 Å². The van der Waals surface area contributed by atoms with E-state index in [4.69, 9.17) is 6.42 Å². The first-order valence-electron chi connectivity index (χ1n) is 9.00. The molecule has 2 heterocycles. The Morgan fingerprint density at radius 3 is 2.52 bits per heavy atom. The highest BCUT2D eigenvalue weighted by Crippen LogP contribution is 2.37. The van der Waals surface area contributed by atoms with E-state index < -0.39 is 0 Å². The summed E-state index contributed by atoms with van der Waals surface area (Å²) >= 11 is 0. The second-order valence-electron chi connectivity index (χ2n) is 7.04. The Balaban J connectivity index is 1.39. The van der Waals surface area contributed by atoms with E-state index in [1.54, 1.807) is 0 Å². The number of likely N-dealkylation sites (tertiary alicyclic amines) is 1. The standard InChI is InChI=1S/C20H24FN3O/c1-2-3-11-20(22-23-20)12-8-19(25)24-13-9-17(10-14-24)15-16-4-6-18(21)7-5-16/h1,4-7,17H,3,8-15H2. The summed E-state index contributed by atoms with van der Waals surface area (Å²) in [5.74, 6) is 3.16. The fourth-order valence-corrected chi connectivity index (χ4v) is 3.47. The number of carbonyl (C=O) groups is 1. The normalized spacial score (nSPS) is 18.8. The number of hydrogen-bond acceptors (Lipinski definition) is 3. The van der Waals surface area contributed by atoms with Crippen LogP contribution < -0.4 is 0 Å². The first kappa shape index (κ1) is 17.6. The smallest absolute Gasteiger partial charge is 0.222 e. The van der Waals surface area contributed by atoms with Crippen molar-refractivity contribution in [2.75, 3.05) is 13.1 Å². The van der Waals surface area contributed by atoms with Gasteiger partial charge in [-0.05, 0) is 42.9 Å². The predicted molar refractivity (Wildman–Crippen MR) is 94.3 cm³/mol. The van der Waals surface area contributed by atoms with Gasteiger partial charge in [-0.3, -0.25) is 4.79 Å². The minimum absolute atomic E-state index is 0.192. The Morgan fingerprint density at radius 2 is 1.92 bits per heavy atom. The van der Waals surface area contributed by atoms with Crippen molar-refractivity contribution >= 4 is 5.91 Å². The third-order valence-corrected chi connectivity index (χ3v) is 5.20. The summed E-state index contributed by atoms with van der Waals surface area (Å²) in [6.07, 6.45) is 10.8. The van der Waals surface area contributed by atoms with E-state index in [1.807, 2.05) is 17.0 Å². The Morgan fingerprint density at radius 1 is 1.24 bits per heavy atom. The van der Waals surface area contributed by atoms with Crippen molar-refractivity contribution in [3.63, 3.8) is 0 Å². The minimum Gasteiger partial charge on any atom is -0.343 e. The number of hydrogen-bond donors (Lipinski definition) is 0. The molecule has 1 amide bonds. The van der Waals surface area contributed by atoms with Crippen LogP contribution in [0.2, 0.25) is 0 Å². The molecule has 0 N–H and O–H groups in total. The molecule has 3 rings (SSSR count). The molecule has 0 aliphatic carbocycles. The van der Waals surface area contributed by atoms with Crippen LogP contribution in [0.4, 0.5) is 4.39 Å². The summed E-state index contributed by atoms with van der Waals surface area (Å²) in [4.78, 5) is 14.4. The minimum atomic E-state index is -0.372. The molecule has 4 nitrogen and oxygen atoms in total. The molecular weight excluding hydrogens is 317 g/mol. The summed E-state index contributed by atoms with van der Waals surface area (Å²) in [7, 11) is 0. The van der Waals surface area contributed by atoms with Gasteiger partial charge >= 0.3 is 0 Å². The molecule has 1 fully saturated rings. The molecule has 0 saturated carbocycles. The third-order valence-electron chi connectivity index (χ3n) is 5.20. The molecule has 2 aliphatic heterocycles. The van der Waals surface area contributed by atoms with Crippen molar-refractivity contribution in [3.8, 4) is 12.3 Å². The first-order chi connectivity index (χ1) is 12.1. The van der Waals surface area contributed by atoms with E-state index in [2.05, 4.69) is 16.1 Å². The number of benzene rings is 1. The van der Waals surface area contributed by atoms with E-state index >= 15 is 0 Å². The lowest BCUT2D eigenvalue weighted by Crippen LogP contribution is -2.39. The van der Waals surface area contributed by atoms with E-state index in [0.717, 1.165) is 38.8 Å². The van der Waals surface area contributed by atoms with Crippen LogP contribution in [-0.4, -0.2) is 29.6 Å². The van der Waals surface area contributed by atoms with Crippen LogP contribution in [0.15, 0.2) is 34.5 Å². The predicted octanol–water partition coefficient (Wildman–Crippen LogP) is 3.96. The maximum Gasteiger partial charge on any atom is 0.222 e.